The largest absolute Gasteiger partial charge is 0.488 e. The van der Waals surface area contributed by atoms with Crippen LogP contribution in [0.1, 0.15) is 46.6 Å². The summed E-state index contributed by atoms with van der Waals surface area (Å²) in [5.41, 5.74) is 0.668. The smallest absolute Gasteiger partial charge is 0.225 e. The minimum atomic E-state index is -0.332. The van der Waals surface area contributed by atoms with E-state index in [9.17, 15) is 4.79 Å². The lowest BCUT2D eigenvalue weighted by Crippen LogP contribution is -2.38. The molecule has 0 spiro atoms. The summed E-state index contributed by atoms with van der Waals surface area (Å²) in [5, 5.41) is 2.92. The minimum absolute atomic E-state index is 0.0641. The Kier molecular flexibility index (Phi) is 4.69. The lowest BCUT2D eigenvalue weighted by Gasteiger charge is -2.21. The number of nitrogens with one attached hydrogen (secondary N) is 1. The molecule has 1 aliphatic rings. The van der Waals surface area contributed by atoms with Crippen LogP contribution in [0.15, 0.2) is 18.2 Å². The number of hydrogen-bond donors (Lipinski definition) is 1. The third kappa shape index (κ3) is 3.73. The van der Waals surface area contributed by atoms with Crippen LogP contribution in [-0.4, -0.2) is 24.7 Å². The van der Waals surface area contributed by atoms with Crippen LogP contribution in [0.25, 0.3) is 0 Å². The van der Waals surface area contributed by atoms with E-state index in [1.54, 1.807) is 0 Å². The first kappa shape index (κ1) is 16.7. The third-order valence-electron chi connectivity index (χ3n) is 4.20. The second-order valence-corrected chi connectivity index (χ2v) is 7.12. The Morgan fingerprint density at radius 3 is 2.82 bits per heavy atom. The quantitative estimate of drug-likeness (QED) is 0.820. The van der Waals surface area contributed by atoms with Gasteiger partial charge in [-0.2, -0.15) is 0 Å². The molecule has 0 radical (unpaired) electrons. The number of benzene rings is 1. The van der Waals surface area contributed by atoms with Gasteiger partial charge in [0.15, 0.2) is 11.5 Å². The summed E-state index contributed by atoms with van der Waals surface area (Å²) in [6, 6.07) is 5.97. The van der Waals surface area contributed by atoms with Gasteiger partial charge in [0.05, 0.1) is 6.54 Å². The van der Waals surface area contributed by atoms with E-state index in [0.717, 1.165) is 24.3 Å². The molecule has 0 fully saturated rings. The zero-order valence-corrected chi connectivity index (χ0v) is 14.3. The number of fused-ring (bicyclic) bond motifs is 1. The highest BCUT2D eigenvalue weighted by Crippen LogP contribution is 2.41. The second-order valence-electron chi connectivity index (χ2n) is 7.12. The number of hydrogen-bond acceptors (Lipinski definition) is 3. The summed E-state index contributed by atoms with van der Waals surface area (Å²) in [6.07, 6.45) is 1.70. The fraction of sp³-hybridized carbons (Fsp3) is 0.611. The lowest BCUT2D eigenvalue weighted by molar-refractivity contribution is -0.129. The first-order valence-electron chi connectivity index (χ1n) is 7.97. The number of carbonyl (C=O) groups is 1. The normalized spacial score (nSPS) is 15.9. The molecule has 0 saturated heterocycles. The molecule has 1 aromatic carbocycles. The molecular formula is C18H27NO3. The van der Waals surface area contributed by atoms with Crippen LogP contribution < -0.4 is 14.8 Å². The fourth-order valence-corrected chi connectivity index (χ4v) is 2.43. The van der Waals surface area contributed by atoms with Crippen molar-refractivity contribution in [2.75, 3.05) is 13.2 Å². The lowest BCUT2D eigenvalue weighted by atomic mass is 9.89. The highest BCUT2D eigenvalue weighted by molar-refractivity contribution is 5.81. The number of carbonyl (C=O) groups excluding carboxylic acids is 1. The van der Waals surface area contributed by atoms with E-state index in [2.05, 4.69) is 25.2 Å². The molecule has 4 nitrogen and oxygen atoms in total. The van der Waals surface area contributed by atoms with Crippen molar-refractivity contribution < 1.29 is 14.3 Å². The molecule has 0 aromatic heterocycles. The molecule has 1 amide bonds. The van der Waals surface area contributed by atoms with Gasteiger partial charge in [0.1, 0.15) is 12.2 Å². The van der Waals surface area contributed by atoms with Gasteiger partial charge >= 0.3 is 0 Å². The van der Waals surface area contributed by atoms with Crippen molar-refractivity contribution in [3.05, 3.63) is 23.8 Å². The number of amides is 1. The Morgan fingerprint density at radius 1 is 1.41 bits per heavy atom. The van der Waals surface area contributed by atoms with Crippen molar-refractivity contribution in [1.82, 2.24) is 5.32 Å². The summed E-state index contributed by atoms with van der Waals surface area (Å²) in [4.78, 5) is 12.0. The van der Waals surface area contributed by atoms with Crippen molar-refractivity contribution >= 4 is 5.91 Å². The van der Waals surface area contributed by atoms with Gasteiger partial charge in [-0.3, -0.25) is 4.79 Å². The Labute approximate surface area is 133 Å². The number of ether oxygens (including phenoxy) is 2. The molecule has 4 heteroatoms. The summed E-state index contributed by atoms with van der Waals surface area (Å²) in [6.45, 7) is 11.0. The molecule has 1 aliphatic heterocycles. The average molecular weight is 305 g/mol. The molecule has 1 N–H and O–H groups in total. The van der Waals surface area contributed by atoms with Gasteiger partial charge in [0, 0.05) is 17.4 Å². The van der Waals surface area contributed by atoms with Gasteiger partial charge < -0.3 is 14.8 Å². The van der Waals surface area contributed by atoms with Crippen LogP contribution in [0.3, 0.4) is 0 Å². The molecule has 1 aromatic rings. The molecule has 0 aliphatic carbocycles. The Morgan fingerprint density at radius 2 is 2.14 bits per heavy atom. The second kappa shape index (κ2) is 6.19. The van der Waals surface area contributed by atoms with Gasteiger partial charge in [-0.05, 0) is 26.3 Å². The molecule has 1 heterocycles. The first-order valence-corrected chi connectivity index (χ1v) is 7.97. The maximum Gasteiger partial charge on any atom is 0.225 e. The average Bonchev–Trinajstić information content (AvgIpc) is 2.77. The number of rotatable bonds is 6. The van der Waals surface area contributed by atoms with E-state index in [4.69, 9.17) is 9.47 Å². The van der Waals surface area contributed by atoms with Gasteiger partial charge in [0.2, 0.25) is 5.91 Å². The molecule has 0 bridgehead atoms. The Balaban J connectivity index is 1.87. The summed E-state index contributed by atoms with van der Waals surface area (Å²) in [7, 11) is 0. The van der Waals surface area contributed by atoms with Crippen molar-refractivity contribution in [2.45, 2.75) is 53.1 Å². The monoisotopic (exact) mass is 305 g/mol. The van der Waals surface area contributed by atoms with E-state index >= 15 is 0 Å². The predicted octanol–water partition coefficient (Wildman–Crippen LogP) is 3.33. The van der Waals surface area contributed by atoms with Crippen molar-refractivity contribution in [3.63, 3.8) is 0 Å². The maximum absolute atomic E-state index is 12.0. The zero-order valence-electron chi connectivity index (χ0n) is 14.3. The van der Waals surface area contributed by atoms with Gasteiger partial charge in [-0.25, -0.2) is 0 Å². The zero-order chi connectivity index (χ0) is 16.4. The molecule has 122 valence electrons. The van der Waals surface area contributed by atoms with Gasteiger partial charge in [-0.15, -0.1) is 0 Å². The fourth-order valence-electron chi connectivity index (χ4n) is 2.43. The molecule has 0 saturated carbocycles. The van der Waals surface area contributed by atoms with Crippen LogP contribution in [0.5, 0.6) is 11.5 Å². The van der Waals surface area contributed by atoms with Crippen LogP contribution in [0, 0.1) is 5.41 Å². The first-order chi connectivity index (χ1) is 10.2. The van der Waals surface area contributed by atoms with E-state index in [1.807, 2.05) is 32.9 Å². The van der Waals surface area contributed by atoms with Crippen LogP contribution in [0.4, 0.5) is 0 Å². The van der Waals surface area contributed by atoms with E-state index in [1.165, 1.54) is 5.56 Å². The Bertz CT molecular complexity index is 549. The van der Waals surface area contributed by atoms with Crippen molar-refractivity contribution in [2.24, 2.45) is 5.41 Å². The topological polar surface area (TPSA) is 47.6 Å². The number of para-hydroxylation sites is 1. The molecule has 0 atom stereocenters. The van der Waals surface area contributed by atoms with E-state index in [-0.39, 0.29) is 16.9 Å². The molecule has 0 unspecified atom stereocenters. The highest BCUT2D eigenvalue weighted by atomic mass is 16.5. The predicted molar refractivity (Wildman–Crippen MR) is 87.4 cm³/mol. The molecule has 22 heavy (non-hydrogen) atoms. The standard InChI is InChI=1S/C18H27NO3/c1-6-17(2,3)16(20)19-10-11-21-14-9-7-8-13-12-18(4,5)22-15(13)14/h7-9H,6,10-12H2,1-5H3,(H,19,20). The van der Waals surface area contributed by atoms with E-state index in [0.29, 0.717) is 13.2 Å². The van der Waals surface area contributed by atoms with Crippen LogP contribution in [-0.2, 0) is 11.2 Å². The minimum Gasteiger partial charge on any atom is -0.488 e. The highest BCUT2D eigenvalue weighted by Gasteiger charge is 2.32. The molecular weight excluding hydrogens is 278 g/mol. The maximum atomic E-state index is 12.0. The van der Waals surface area contributed by atoms with Crippen molar-refractivity contribution in [1.29, 1.82) is 0 Å². The van der Waals surface area contributed by atoms with Crippen LogP contribution in [0.2, 0.25) is 0 Å². The van der Waals surface area contributed by atoms with Gasteiger partial charge in [-0.1, -0.05) is 32.9 Å². The summed E-state index contributed by atoms with van der Waals surface area (Å²) < 4.78 is 11.8. The Hall–Kier alpha value is -1.71. The van der Waals surface area contributed by atoms with E-state index < -0.39 is 0 Å². The summed E-state index contributed by atoms with van der Waals surface area (Å²) >= 11 is 0. The van der Waals surface area contributed by atoms with Crippen molar-refractivity contribution in [3.8, 4) is 11.5 Å². The SMILES string of the molecule is CCC(C)(C)C(=O)NCCOc1cccc2c1OC(C)(C)C2. The third-order valence-corrected chi connectivity index (χ3v) is 4.20. The van der Waals surface area contributed by atoms with Crippen LogP contribution >= 0.6 is 0 Å². The summed E-state index contributed by atoms with van der Waals surface area (Å²) in [5.74, 6) is 1.66. The molecule has 2 rings (SSSR count). The van der Waals surface area contributed by atoms with Gasteiger partial charge in [0.25, 0.3) is 0 Å².